The number of nitrogens with zero attached hydrogens (tertiary/aromatic N) is 2. The first-order chi connectivity index (χ1) is 11.1. The van der Waals surface area contributed by atoms with E-state index in [4.69, 9.17) is 4.74 Å². The average molecular weight is 355 g/mol. The molecule has 3 rings (SSSR count). The first-order valence-electron chi connectivity index (χ1n) is 8.48. The fourth-order valence-electron chi connectivity index (χ4n) is 3.29. The topological polar surface area (TPSA) is 66.5 Å². The maximum Gasteiger partial charge on any atom is 0.237 e. The summed E-state index contributed by atoms with van der Waals surface area (Å²) in [5, 5.41) is 6.19. The number of hydrogen-bond acceptors (Lipinski definition) is 5. The maximum absolute atomic E-state index is 12.0. The van der Waals surface area contributed by atoms with Gasteiger partial charge in [0.15, 0.2) is 0 Å². The zero-order valence-electron chi connectivity index (χ0n) is 14.3. The van der Waals surface area contributed by atoms with Gasteiger partial charge >= 0.3 is 0 Å². The zero-order chi connectivity index (χ0) is 16.2. The molecule has 0 saturated carbocycles. The number of hydrogen-bond donors (Lipinski definition) is 2. The summed E-state index contributed by atoms with van der Waals surface area (Å²) >= 11 is 0. The Morgan fingerprint density at radius 2 is 2.12 bits per heavy atom. The zero-order valence-corrected chi connectivity index (χ0v) is 15.1. The van der Waals surface area contributed by atoms with Crippen LogP contribution in [0.4, 0.5) is 5.82 Å². The van der Waals surface area contributed by atoms with E-state index < -0.39 is 0 Å². The molecule has 1 amide bonds. The van der Waals surface area contributed by atoms with Gasteiger partial charge in [-0.3, -0.25) is 4.79 Å². The van der Waals surface area contributed by atoms with Crippen molar-refractivity contribution in [3.63, 3.8) is 0 Å². The lowest BCUT2D eigenvalue weighted by Crippen LogP contribution is -2.45. The fraction of sp³-hybridized carbons (Fsp3) is 0.647. The molecular weight excluding hydrogens is 328 g/mol. The van der Waals surface area contributed by atoms with Crippen LogP contribution in [-0.2, 0) is 16.1 Å². The van der Waals surface area contributed by atoms with Gasteiger partial charge in [0.2, 0.25) is 5.91 Å². The van der Waals surface area contributed by atoms with Gasteiger partial charge in [-0.25, -0.2) is 4.98 Å². The Morgan fingerprint density at radius 1 is 1.38 bits per heavy atom. The van der Waals surface area contributed by atoms with Gasteiger partial charge in [0.25, 0.3) is 0 Å². The van der Waals surface area contributed by atoms with E-state index in [9.17, 15) is 4.79 Å². The molecule has 2 aliphatic rings. The first-order valence-corrected chi connectivity index (χ1v) is 8.48. The Morgan fingerprint density at radius 3 is 2.71 bits per heavy atom. The minimum atomic E-state index is -0.0291. The van der Waals surface area contributed by atoms with Gasteiger partial charge in [-0.1, -0.05) is 6.07 Å². The van der Waals surface area contributed by atoms with Crippen LogP contribution in [0, 0.1) is 0 Å². The molecule has 1 aromatic heterocycles. The fourth-order valence-corrected chi connectivity index (χ4v) is 3.29. The molecule has 3 atom stereocenters. The molecule has 24 heavy (non-hydrogen) atoms. The van der Waals surface area contributed by atoms with Crippen molar-refractivity contribution in [1.29, 1.82) is 0 Å². The molecule has 134 valence electrons. The molecule has 0 aromatic carbocycles. The van der Waals surface area contributed by atoms with Crippen molar-refractivity contribution in [2.75, 3.05) is 24.5 Å². The Hall–Kier alpha value is -1.37. The quantitative estimate of drug-likeness (QED) is 0.857. The number of pyridine rings is 1. The summed E-state index contributed by atoms with van der Waals surface area (Å²) in [6, 6.07) is 4.04. The molecule has 0 radical (unpaired) electrons. The second-order valence-corrected chi connectivity index (χ2v) is 6.55. The smallest absolute Gasteiger partial charge is 0.237 e. The molecule has 2 fully saturated rings. The van der Waals surface area contributed by atoms with Crippen molar-refractivity contribution in [2.24, 2.45) is 0 Å². The van der Waals surface area contributed by atoms with E-state index in [1.807, 2.05) is 18.3 Å². The van der Waals surface area contributed by atoms with Crippen molar-refractivity contribution in [2.45, 2.75) is 51.5 Å². The van der Waals surface area contributed by atoms with Gasteiger partial charge < -0.3 is 20.3 Å². The first kappa shape index (κ1) is 19.0. The second-order valence-electron chi connectivity index (χ2n) is 6.55. The van der Waals surface area contributed by atoms with Crippen LogP contribution in [0.3, 0.4) is 0 Å². The van der Waals surface area contributed by atoms with Gasteiger partial charge in [0, 0.05) is 25.8 Å². The number of nitrogens with one attached hydrogen (secondary N) is 2. The summed E-state index contributed by atoms with van der Waals surface area (Å²) in [5.74, 6) is 1.06. The van der Waals surface area contributed by atoms with Crippen LogP contribution in [0.15, 0.2) is 18.3 Å². The lowest BCUT2D eigenvalue weighted by Gasteiger charge is -2.36. The predicted molar refractivity (Wildman–Crippen MR) is 96.6 cm³/mol. The number of carbonyl (C=O) groups excluding carboxylic acids is 1. The van der Waals surface area contributed by atoms with Crippen LogP contribution >= 0.6 is 12.4 Å². The van der Waals surface area contributed by atoms with Gasteiger partial charge in [0.05, 0.1) is 18.2 Å². The Kier molecular flexibility index (Phi) is 6.83. The van der Waals surface area contributed by atoms with Crippen molar-refractivity contribution >= 4 is 24.1 Å². The van der Waals surface area contributed by atoms with Gasteiger partial charge in [0.1, 0.15) is 5.82 Å². The molecule has 6 nitrogen and oxygen atoms in total. The lowest BCUT2D eigenvalue weighted by atomic mass is 10.2. The van der Waals surface area contributed by atoms with Crippen molar-refractivity contribution < 1.29 is 9.53 Å². The van der Waals surface area contributed by atoms with Crippen LogP contribution in [0.2, 0.25) is 0 Å². The van der Waals surface area contributed by atoms with E-state index in [0.29, 0.717) is 6.54 Å². The molecule has 0 spiro atoms. The molecule has 2 aliphatic heterocycles. The average Bonchev–Trinajstić information content (AvgIpc) is 3.07. The van der Waals surface area contributed by atoms with E-state index in [-0.39, 0.29) is 36.6 Å². The molecule has 3 unspecified atom stereocenters. The summed E-state index contributed by atoms with van der Waals surface area (Å²) in [7, 11) is 0. The molecule has 2 saturated heterocycles. The Balaban J connectivity index is 0.00000208. The highest BCUT2D eigenvalue weighted by molar-refractivity contribution is 5.85. The van der Waals surface area contributed by atoms with Crippen molar-refractivity contribution in [3.8, 4) is 0 Å². The van der Waals surface area contributed by atoms with E-state index in [2.05, 4.69) is 34.4 Å². The summed E-state index contributed by atoms with van der Waals surface area (Å²) in [6.07, 6.45) is 4.29. The Bertz CT molecular complexity index is 524. The van der Waals surface area contributed by atoms with Gasteiger partial charge in [-0.15, -0.1) is 12.4 Å². The molecule has 0 aliphatic carbocycles. The maximum atomic E-state index is 12.0. The van der Waals surface area contributed by atoms with Crippen LogP contribution in [0.1, 0.15) is 32.3 Å². The van der Waals surface area contributed by atoms with Crippen molar-refractivity contribution in [1.82, 2.24) is 15.6 Å². The Labute approximate surface area is 149 Å². The van der Waals surface area contributed by atoms with E-state index >= 15 is 0 Å². The highest BCUT2D eigenvalue weighted by atomic mass is 35.5. The number of aromatic nitrogens is 1. The van der Waals surface area contributed by atoms with E-state index in [1.54, 1.807) is 0 Å². The summed E-state index contributed by atoms with van der Waals surface area (Å²) in [4.78, 5) is 18.8. The number of rotatable bonds is 4. The molecule has 3 heterocycles. The second kappa shape index (κ2) is 8.65. The summed E-state index contributed by atoms with van der Waals surface area (Å²) in [5.41, 5.74) is 1.02. The highest BCUT2D eigenvalue weighted by Crippen LogP contribution is 2.18. The van der Waals surface area contributed by atoms with Crippen LogP contribution in [0.5, 0.6) is 0 Å². The SMILES string of the molecule is CC1CN(c2ccc(CNC(=O)C3CCCN3)cn2)CC(C)O1.Cl. The number of halogens is 1. The molecular formula is C17H27ClN4O2. The number of anilines is 1. The van der Waals surface area contributed by atoms with E-state index in [1.165, 1.54) is 0 Å². The van der Waals surface area contributed by atoms with Crippen LogP contribution in [-0.4, -0.2) is 48.8 Å². The lowest BCUT2D eigenvalue weighted by molar-refractivity contribution is -0.122. The van der Waals surface area contributed by atoms with Crippen molar-refractivity contribution in [3.05, 3.63) is 23.9 Å². The number of morpholine rings is 1. The summed E-state index contributed by atoms with van der Waals surface area (Å²) in [6.45, 7) is 7.36. The van der Waals surface area contributed by atoms with Gasteiger partial charge in [-0.05, 0) is 44.9 Å². The third-order valence-corrected chi connectivity index (χ3v) is 4.40. The number of carbonyl (C=O) groups is 1. The molecule has 0 bridgehead atoms. The minimum Gasteiger partial charge on any atom is -0.372 e. The van der Waals surface area contributed by atoms with Crippen LogP contribution in [0.25, 0.3) is 0 Å². The summed E-state index contributed by atoms with van der Waals surface area (Å²) < 4.78 is 5.75. The highest BCUT2D eigenvalue weighted by Gasteiger charge is 2.23. The standard InChI is InChI=1S/C17H26N4O2.ClH/c1-12-10-21(11-13(2)23-12)16-6-5-14(8-19-16)9-20-17(22)15-4-3-7-18-15;/h5-6,8,12-13,15,18H,3-4,7,9-11H2,1-2H3,(H,20,22);1H. The number of amides is 1. The predicted octanol–water partition coefficient (Wildman–Crippen LogP) is 1.49. The minimum absolute atomic E-state index is 0. The molecule has 2 N–H and O–H groups in total. The molecule has 1 aromatic rings. The molecule has 7 heteroatoms. The van der Waals surface area contributed by atoms with Gasteiger partial charge in [-0.2, -0.15) is 0 Å². The number of ether oxygens (including phenoxy) is 1. The third kappa shape index (κ3) is 4.82. The van der Waals surface area contributed by atoms with Crippen LogP contribution < -0.4 is 15.5 Å². The third-order valence-electron chi connectivity index (χ3n) is 4.40. The van der Waals surface area contributed by atoms with E-state index in [0.717, 1.165) is 43.9 Å². The largest absolute Gasteiger partial charge is 0.372 e. The monoisotopic (exact) mass is 354 g/mol. The normalized spacial score (nSPS) is 26.8.